The van der Waals surface area contributed by atoms with Crippen molar-refractivity contribution < 1.29 is 37.0 Å². The van der Waals surface area contributed by atoms with E-state index in [2.05, 4.69) is 15.0 Å². The lowest BCUT2D eigenvalue weighted by molar-refractivity contribution is -0.193. The minimum absolute atomic E-state index is 0.0173. The molecular formula is C23H21Cl2F3N2O5. The van der Waals surface area contributed by atoms with E-state index < -0.39 is 18.1 Å². The quantitative estimate of drug-likeness (QED) is 0.431. The van der Waals surface area contributed by atoms with Crippen molar-refractivity contribution in [1.29, 1.82) is 0 Å². The number of nitrogens with zero attached hydrogens (tertiary/aromatic N) is 1. The topological polar surface area (TPSA) is 84.9 Å². The number of morpholine rings is 1. The summed E-state index contributed by atoms with van der Waals surface area (Å²) in [7, 11) is 0. The number of benzene rings is 2. The maximum Gasteiger partial charge on any atom is 0.491 e. The smallest absolute Gasteiger partial charge is 0.383 e. The highest BCUT2D eigenvalue weighted by atomic mass is 35.5. The molecule has 1 heterocycles. The molecule has 0 aliphatic carbocycles. The third-order valence-electron chi connectivity index (χ3n) is 5.11. The molecule has 7 nitrogen and oxygen atoms in total. The van der Waals surface area contributed by atoms with Crippen molar-refractivity contribution in [3.8, 4) is 0 Å². The molecule has 35 heavy (non-hydrogen) atoms. The number of esters is 2. The number of nitrogens with one attached hydrogen (secondary N) is 1. The molecule has 1 amide bonds. The van der Waals surface area contributed by atoms with Gasteiger partial charge in [-0.15, -0.1) is 0 Å². The highest BCUT2D eigenvalue weighted by Gasteiger charge is 2.42. The van der Waals surface area contributed by atoms with E-state index in [1.165, 1.54) is 24.3 Å². The molecule has 1 aliphatic rings. The number of alkyl halides is 3. The van der Waals surface area contributed by atoms with Crippen LogP contribution in [0.5, 0.6) is 0 Å². The summed E-state index contributed by atoms with van der Waals surface area (Å²) in [6, 6.07) is 10.6. The predicted molar refractivity (Wildman–Crippen MR) is 121 cm³/mol. The monoisotopic (exact) mass is 532 g/mol. The van der Waals surface area contributed by atoms with Crippen LogP contribution in [0, 0.1) is 0 Å². The third kappa shape index (κ3) is 8.21. The average Bonchev–Trinajstić information content (AvgIpc) is 2.80. The molecule has 2 aromatic carbocycles. The lowest BCUT2D eigenvalue weighted by Gasteiger charge is -2.33. The van der Waals surface area contributed by atoms with E-state index in [9.17, 15) is 27.6 Å². The van der Waals surface area contributed by atoms with Crippen LogP contribution in [-0.4, -0.2) is 61.3 Å². The minimum atomic E-state index is -5.27. The predicted octanol–water partition coefficient (Wildman–Crippen LogP) is 3.80. The Labute approximate surface area is 209 Å². The van der Waals surface area contributed by atoms with Gasteiger partial charge in [0.25, 0.3) is 0 Å². The first-order chi connectivity index (χ1) is 16.5. The van der Waals surface area contributed by atoms with Gasteiger partial charge < -0.3 is 14.8 Å². The van der Waals surface area contributed by atoms with Gasteiger partial charge in [-0.2, -0.15) is 13.2 Å². The van der Waals surface area contributed by atoms with Gasteiger partial charge in [0.1, 0.15) is 0 Å². The molecule has 1 aliphatic heterocycles. The van der Waals surface area contributed by atoms with Crippen molar-refractivity contribution in [2.75, 3.05) is 26.2 Å². The molecule has 1 unspecified atom stereocenters. The van der Waals surface area contributed by atoms with E-state index in [0.29, 0.717) is 41.8 Å². The van der Waals surface area contributed by atoms with Gasteiger partial charge in [0.15, 0.2) is 0 Å². The fourth-order valence-corrected chi connectivity index (χ4v) is 3.70. The summed E-state index contributed by atoms with van der Waals surface area (Å²) in [6.45, 7) is 2.80. The highest BCUT2D eigenvalue weighted by molar-refractivity contribution is 6.42. The minimum Gasteiger partial charge on any atom is -0.383 e. The highest BCUT2D eigenvalue weighted by Crippen LogP contribution is 2.23. The summed E-state index contributed by atoms with van der Waals surface area (Å²) in [5, 5.41) is 3.77. The molecule has 2 aromatic rings. The molecule has 188 valence electrons. The summed E-state index contributed by atoms with van der Waals surface area (Å²) >= 11 is 12.0. The van der Waals surface area contributed by atoms with Crippen LogP contribution in [0.4, 0.5) is 13.2 Å². The van der Waals surface area contributed by atoms with Gasteiger partial charge in [0.05, 0.1) is 34.7 Å². The number of carbonyl (C=O) groups is 3. The Morgan fingerprint density at radius 1 is 1.06 bits per heavy atom. The number of hydrogen-bond donors (Lipinski definition) is 1. The van der Waals surface area contributed by atoms with Gasteiger partial charge in [0.2, 0.25) is 5.91 Å². The summed E-state index contributed by atoms with van der Waals surface area (Å²) in [6.07, 6.45) is -5.49. The summed E-state index contributed by atoms with van der Waals surface area (Å²) in [5.74, 6) is -4.31. The van der Waals surface area contributed by atoms with Crippen molar-refractivity contribution >= 4 is 41.0 Å². The molecule has 0 radical (unpaired) electrons. The Balaban J connectivity index is 1.44. The second kappa shape index (κ2) is 11.9. The molecule has 12 heteroatoms. The van der Waals surface area contributed by atoms with Crippen LogP contribution in [0.2, 0.25) is 10.0 Å². The molecule has 1 atom stereocenters. The van der Waals surface area contributed by atoms with Crippen LogP contribution in [0.25, 0.3) is 0 Å². The van der Waals surface area contributed by atoms with E-state index in [1.54, 1.807) is 6.07 Å². The van der Waals surface area contributed by atoms with Crippen LogP contribution < -0.4 is 5.32 Å². The van der Waals surface area contributed by atoms with Crippen molar-refractivity contribution in [2.45, 2.75) is 25.2 Å². The van der Waals surface area contributed by atoms with Crippen LogP contribution in [0.15, 0.2) is 42.5 Å². The lowest BCUT2D eigenvalue weighted by Crippen LogP contribution is -2.47. The van der Waals surface area contributed by atoms with Gasteiger partial charge >= 0.3 is 18.1 Å². The van der Waals surface area contributed by atoms with E-state index in [1.807, 2.05) is 12.1 Å². The first kappa shape index (κ1) is 26.9. The number of ether oxygens (including phenoxy) is 2. The van der Waals surface area contributed by atoms with Gasteiger partial charge in [-0.05, 0) is 35.4 Å². The summed E-state index contributed by atoms with van der Waals surface area (Å²) in [4.78, 5) is 36.9. The molecular weight excluding hydrogens is 512 g/mol. The normalized spacial score (nSPS) is 16.5. The Hall–Kier alpha value is -2.66. The molecule has 1 N–H and O–H groups in total. The van der Waals surface area contributed by atoms with Crippen LogP contribution in [-0.2, 0) is 32.0 Å². The second-order valence-corrected chi connectivity index (χ2v) is 8.64. The second-order valence-electron chi connectivity index (χ2n) is 7.83. The van der Waals surface area contributed by atoms with Gasteiger partial charge in [0, 0.05) is 26.2 Å². The zero-order valence-electron chi connectivity index (χ0n) is 18.2. The largest absolute Gasteiger partial charge is 0.491 e. The molecule has 0 spiro atoms. The van der Waals surface area contributed by atoms with Crippen molar-refractivity contribution in [1.82, 2.24) is 10.2 Å². The first-order valence-corrected chi connectivity index (χ1v) is 11.2. The van der Waals surface area contributed by atoms with Crippen LogP contribution in [0.3, 0.4) is 0 Å². The third-order valence-corrected chi connectivity index (χ3v) is 5.85. The lowest BCUT2D eigenvalue weighted by atomic mass is 10.1. The molecule has 0 saturated carbocycles. The number of halogens is 5. The van der Waals surface area contributed by atoms with E-state index >= 15 is 0 Å². The van der Waals surface area contributed by atoms with E-state index in [0.717, 1.165) is 12.1 Å². The van der Waals surface area contributed by atoms with Crippen molar-refractivity contribution in [3.63, 3.8) is 0 Å². The van der Waals surface area contributed by atoms with Crippen LogP contribution >= 0.6 is 23.2 Å². The van der Waals surface area contributed by atoms with Gasteiger partial charge in [-0.1, -0.05) is 41.4 Å². The van der Waals surface area contributed by atoms with E-state index in [4.69, 9.17) is 27.9 Å². The van der Waals surface area contributed by atoms with Gasteiger partial charge in [-0.25, -0.2) is 9.59 Å². The molecule has 0 aromatic heterocycles. The van der Waals surface area contributed by atoms with Crippen LogP contribution in [0.1, 0.15) is 21.5 Å². The fraction of sp³-hybridized carbons (Fsp3) is 0.348. The van der Waals surface area contributed by atoms with Crippen molar-refractivity contribution in [3.05, 3.63) is 69.2 Å². The Morgan fingerprint density at radius 3 is 2.40 bits per heavy atom. The number of rotatable bonds is 7. The maximum absolute atomic E-state index is 12.3. The van der Waals surface area contributed by atoms with Crippen molar-refractivity contribution in [2.24, 2.45) is 0 Å². The Morgan fingerprint density at radius 2 is 1.74 bits per heavy atom. The summed E-state index contributed by atoms with van der Waals surface area (Å²) in [5.41, 5.74) is 1.29. The van der Waals surface area contributed by atoms with E-state index in [-0.39, 0.29) is 24.0 Å². The maximum atomic E-state index is 12.3. The average molecular weight is 533 g/mol. The van der Waals surface area contributed by atoms with Gasteiger partial charge in [-0.3, -0.25) is 9.69 Å². The number of hydrogen-bond acceptors (Lipinski definition) is 6. The Kier molecular flexibility index (Phi) is 9.12. The molecule has 1 saturated heterocycles. The zero-order valence-corrected chi connectivity index (χ0v) is 19.8. The molecule has 1 fully saturated rings. The Bertz CT molecular complexity index is 1080. The number of amides is 1. The fourth-order valence-electron chi connectivity index (χ4n) is 3.38. The molecule has 3 rings (SSSR count). The SMILES string of the molecule is O=C(Cc1ccc(C(=O)OC(=O)C(F)(F)F)cc1)NCC1CN(Cc2ccc(Cl)c(Cl)c2)CCO1. The zero-order chi connectivity index (χ0) is 25.6. The number of carbonyl (C=O) groups excluding carboxylic acids is 3. The molecule has 0 bridgehead atoms. The standard InChI is InChI=1S/C23H21Cl2F3N2O5/c24-18-6-3-15(9-19(18)25)12-30-7-8-34-17(13-30)11-29-20(31)10-14-1-4-16(5-2-14)21(32)35-22(33)23(26,27)28/h1-6,9,17H,7-8,10-13H2,(H,29,31). The summed E-state index contributed by atoms with van der Waals surface area (Å²) < 4.78 is 46.1. The first-order valence-electron chi connectivity index (χ1n) is 10.5.